The molecule has 0 spiro atoms. The SMILES string of the molecule is CC.CCC[C@@H](COP)Nc1c([N+](=O)[O-])cnc2ccccc12. The molecule has 1 aromatic heterocycles. The summed E-state index contributed by atoms with van der Waals surface area (Å²) in [6, 6.07) is 7.39. The molecule has 6 nitrogen and oxygen atoms in total. The van der Waals surface area contributed by atoms with E-state index in [1.807, 2.05) is 38.1 Å². The Bertz CT molecular complexity index is 631. The van der Waals surface area contributed by atoms with Crippen molar-refractivity contribution in [2.24, 2.45) is 0 Å². The van der Waals surface area contributed by atoms with Gasteiger partial charge in [-0.05, 0) is 12.5 Å². The van der Waals surface area contributed by atoms with Crippen molar-refractivity contribution in [3.8, 4) is 0 Å². The van der Waals surface area contributed by atoms with Gasteiger partial charge in [-0.3, -0.25) is 10.1 Å². The van der Waals surface area contributed by atoms with Gasteiger partial charge < -0.3 is 9.84 Å². The zero-order valence-electron chi connectivity index (χ0n) is 13.8. The zero-order valence-corrected chi connectivity index (χ0v) is 14.9. The lowest BCUT2D eigenvalue weighted by Gasteiger charge is -2.19. The predicted molar refractivity (Wildman–Crippen MR) is 97.7 cm³/mol. The second kappa shape index (κ2) is 10.1. The molecular formula is C16H24N3O3P. The van der Waals surface area contributed by atoms with Gasteiger partial charge in [-0.1, -0.05) is 45.4 Å². The number of hydrogen-bond donors (Lipinski definition) is 1. The number of anilines is 1. The van der Waals surface area contributed by atoms with Crippen molar-refractivity contribution in [1.29, 1.82) is 0 Å². The van der Waals surface area contributed by atoms with Crippen molar-refractivity contribution in [3.63, 3.8) is 0 Å². The van der Waals surface area contributed by atoms with Crippen molar-refractivity contribution in [2.75, 3.05) is 11.9 Å². The highest BCUT2D eigenvalue weighted by atomic mass is 31.0. The van der Waals surface area contributed by atoms with Crippen LogP contribution in [0.25, 0.3) is 10.9 Å². The van der Waals surface area contributed by atoms with Crippen molar-refractivity contribution in [1.82, 2.24) is 4.98 Å². The van der Waals surface area contributed by atoms with Crippen LogP contribution in [0.3, 0.4) is 0 Å². The molecule has 0 radical (unpaired) electrons. The molecule has 23 heavy (non-hydrogen) atoms. The molecule has 0 aliphatic heterocycles. The van der Waals surface area contributed by atoms with Crippen LogP contribution in [0.4, 0.5) is 11.4 Å². The first-order chi connectivity index (χ1) is 11.2. The number of rotatable bonds is 7. The van der Waals surface area contributed by atoms with Gasteiger partial charge in [0, 0.05) is 14.9 Å². The summed E-state index contributed by atoms with van der Waals surface area (Å²) in [4.78, 5) is 15.0. The van der Waals surface area contributed by atoms with E-state index in [0.29, 0.717) is 12.3 Å². The average molecular weight is 337 g/mol. The minimum absolute atomic E-state index is 0.0111. The molecular weight excluding hydrogens is 313 g/mol. The Kier molecular flexibility index (Phi) is 8.45. The Hall–Kier alpha value is -1.78. The van der Waals surface area contributed by atoms with Gasteiger partial charge in [0.15, 0.2) is 0 Å². The number of fused-ring (bicyclic) bond motifs is 1. The number of hydrogen-bond acceptors (Lipinski definition) is 5. The molecule has 1 aromatic carbocycles. The number of benzene rings is 1. The molecule has 2 rings (SSSR count). The lowest BCUT2D eigenvalue weighted by molar-refractivity contribution is -0.384. The average Bonchev–Trinajstić information content (AvgIpc) is 2.57. The van der Waals surface area contributed by atoms with Crippen molar-refractivity contribution in [2.45, 2.75) is 39.7 Å². The minimum Gasteiger partial charge on any atom is -0.374 e. The Balaban J connectivity index is 0.00000127. The molecule has 0 saturated heterocycles. The molecule has 0 bridgehead atoms. The summed E-state index contributed by atoms with van der Waals surface area (Å²) in [5.41, 5.74) is 1.22. The Morgan fingerprint density at radius 3 is 2.70 bits per heavy atom. The van der Waals surface area contributed by atoms with Gasteiger partial charge in [0.2, 0.25) is 0 Å². The molecule has 1 N–H and O–H groups in total. The van der Waals surface area contributed by atoms with E-state index < -0.39 is 4.92 Å². The quantitative estimate of drug-likeness (QED) is 0.455. The number of pyridine rings is 1. The lowest BCUT2D eigenvalue weighted by atomic mass is 10.1. The highest BCUT2D eigenvalue weighted by Gasteiger charge is 2.20. The van der Waals surface area contributed by atoms with Crippen molar-refractivity contribution < 1.29 is 9.45 Å². The third kappa shape index (κ3) is 5.12. The van der Waals surface area contributed by atoms with Gasteiger partial charge in [0.25, 0.3) is 0 Å². The maximum Gasteiger partial charge on any atom is 0.311 e. The van der Waals surface area contributed by atoms with Crippen LogP contribution in [-0.2, 0) is 4.52 Å². The summed E-state index contributed by atoms with van der Waals surface area (Å²) in [6.45, 7) is 6.53. The predicted octanol–water partition coefficient (Wildman–Crippen LogP) is 4.56. The van der Waals surface area contributed by atoms with E-state index in [9.17, 15) is 10.1 Å². The summed E-state index contributed by atoms with van der Waals surface area (Å²) >= 11 is 0. The number of nitro groups is 1. The van der Waals surface area contributed by atoms with Gasteiger partial charge in [0.1, 0.15) is 11.9 Å². The summed E-state index contributed by atoms with van der Waals surface area (Å²) in [7, 11) is 2.21. The molecule has 126 valence electrons. The Labute approximate surface area is 139 Å². The van der Waals surface area contributed by atoms with E-state index >= 15 is 0 Å². The number of aromatic nitrogens is 1. The fourth-order valence-corrected chi connectivity index (χ4v) is 2.52. The molecule has 0 aliphatic carbocycles. The van der Waals surface area contributed by atoms with Gasteiger partial charge in [-0.2, -0.15) is 0 Å². The molecule has 7 heteroatoms. The van der Waals surface area contributed by atoms with E-state index in [-0.39, 0.29) is 11.7 Å². The highest BCUT2D eigenvalue weighted by molar-refractivity contribution is 7.09. The molecule has 0 aliphatic rings. The maximum atomic E-state index is 11.3. The van der Waals surface area contributed by atoms with E-state index in [1.54, 1.807) is 0 Å². The normalized spacial score (nSPS) is 11.5. The zero-order chi connectivity index (χ0) is 17.2. The monoisotopic (exact) mass is 337 g/mol. The highest BCUT2D eigenvalue weighted by Crippen LogP contribution is 2.32. The minimum atomic E-state index is -0.410. The van der Waals surface area contributed by atoms with E-state index in [4.69, 9.17) is 4.52 Å². The van der Waals surface area contributed by atoms with E-state index in [1.165, 1.54) is 6.20 Å². The first-order valence-corrected chi connectivity index (χ1v) is 8.24. The molecule has 1 heterocycles. The smallest absolute Gasteiger partial charge is 0.311 e. The molecule has 0 fully saturated rings. The van der Waals surface area contributed by atoms with Crippen LogP contribution in [0.2, 0.25) is 0 Å². The van der Waals surface area contributed by atoms with Crippen molar-refractivity contribution >= 4 is 31.7 Å². The lowest BCUT2D eigenvalue weighted by Crippen LogP contribution is -2.24. The topological polar surface area (TPSA) is 77.3 Å². The number of para-hydroxylation sites is 1. The first kappa shape index (κ1) is 19.3. The molecule has 2 aromatic rings. The molecule has 1 unspecified atom stereocenters. The van der Waals surface area contributed by atoms with Crippen LogP contribution < -0.4 is 5.32 Å². The molecule has 0 amide bonds. The van der Waals surface area contributed by atoms with Gasteiger partial charge in [0.05, 0.1) is 23.1 Å². The summed E-state index contributed by atoms with van der Waals surface area (Å²) in [6.07, 6.45) is 3.12. The Morgan fingerprint density at radius 2 is 2.09 bits per heavy atom. The van der Waals surface area contributed by atoms with Crippen LogP contribution in [0, 0.1) is 10.1 Å². The van der Waals surface area contributed by atoms with E-state index in [2.05, 4.69) is 26.7 Å². The largest absolute Gasteiger partial charge is 0.374 e. The van der Waals surface area contributed by atoms with Crippen LogP contribution >= 0.6 is 9.47 Å². The van der Waals surface area contributed by atoms with Crippen LogP contribution in [0.15, 0.2) is 30.5 Å². The maximum absolute atomic E-state index is 11.3. The third-order valence-electron chi connectivity index (χ3n) is 3.24. The van der Waals surface area contributed by atoms with Crippen LogP contribution in [0.5, 0.6) is 0 Å². The summed E-state index contributed by atoms with van der Waals surface area (Å²) in [5, 5.41) is 15.3. The Morgan fingerprint density at radius 1 is 1.39 bits per heavy atom. The molecule has 2 atom stereocenters. The standard InChI is InChI=1S/C14H18N3O3P.C2H6/c1-2-5-10(9-20-21)16-14-11-6-3-4-7-12(11)15-8-13(14)17(18)19;1-2/h3-4,6-8,10H,2,5,9,21H2,1H3,(H,15,16);1-2H3/t10-;/m0./s1. The summed E-state index contributed by atoms with van der Waals surface area (Å²) < 4.78 is 5.11. The number of nitrogens with one attached hydrogen (secondary N) is 1. The van der Waals surface area contributed by atoms with Gasteiger partial charge in [-0.15, -0.1) is 0 Å². The fraction of sp³-hybridized carbons (Fsp3) is 0.438. The van der Waals surface area contributed by atoms with Crippen LogP contribution in [0.1, 0.15) is 33.6 Å². The van der Waals surface area contributed by atoms with E-state index in [0.717, 1.165) is 23.7 Å². The second-order valence-corrected chi connectivity index (χ2v) is 5.09. The van der Waals surface area contributed by atoms with Crippen molar-refractivity contribution in [3.05, 3.63) is 40.6 Å². The van der Waals surface area contributed by atoms with Gasteiger partial charge in [-0.25, -0.2) is 4.98 Å². The fourth-order valence-electron chi connectivity index (χ4n) is 2.29. The first-order valence-electron chi connectivity index (χ1n) is 7.77. The summed E-state index contributed by atoms with van der Waals surface area (Å²) in [5.74, 6) is 0. The second-order valence-electron chi connectivity index (χ2n) is 4.76. The van der Waals surface area contributed by atoms with Gasteiger partial charge >= 0.3 is 5.69 Å². The van der Waals surface area contributed by atoms with Crippen LogP contribution in [-0.4, -0.2) is 22.6 Å². The number of nitrogens with zero attached hydrogens (tertiary/aromatic N) is 2. The molecule has 0 saturated carbocycles. The third-order valence-corrected chi connectivity index (χ3v) is 3.43.